The van der Waals surface area contributed by atoms with E-state index in [1.54, 1.807) is 30.0 Å². The molecular formula is C20H20FN3O4S. The maximum absolute atomic E-state index is 13.7. The lowest BCUT2D eigenvalue weighted by Gasteiger charge is -2.28. The van der Waals surface area contributed by atoms with Crippen LogP contribution in [0.25, 0.3) is 0 Å². The predicted molar refractivity (Wildman–Crippen MR) is 108 cm³/mol. The molecule has 2 heterocycles. The molecule has 9 heteroatoms. The quantitative estimate of drug-likeness (QED) is 0.605. The summed E-state index contributed by atoms with van der Waals surface area (Å²) >= 11 is 1.63. The van der Waals surface area contributed by atoms with Crippen molar-refractivity contribution in [1.82, 2.24) is 5.32 Å². The van der Waals surface area contributed by atoms with Gasteiger partial charge in [-0.3, -0.25) is 14.9 Å². The number of nitro benzene ring substituents is 1. The number of nitro groups is 1. The van der Waals surface area contributed by atoms with E-state index in [0.29, 0.717) is 38.4 Å². The molecule has 2 aliphatic heterocycles. The average molecular weight is 417 g/mol. The lowest BCUT2D eigenvalue weighted by atomic mass is 10.0. The lowest BCUT2D eigenvalue weighted by Crippen LogP contribution is -2.36. The number of nitrogens with one attached hydrogen (secondary N) is 1. The van der Waals surface area contributed by atoms with Gasteiger partial charge in [-0.25, -0.2) is 4.39 Å². The van der Waals surface area contributed by atoms with Crippen molar-refractivity contribution in [2.24, 2.45) is 0 Å². The first-order chi connectivity index (χ1) is 14.0. The molecule has 2 aliphatic rings. The summed E-state index contributed by atoms with van der Waals surface area (Å²) in [5, 5.41) is 14.5. The maximum atomic E-state index is 13.7. The van der Waals surface area contributed by atoms with E-state index in [4.69, 9.17) is 4.74 Å². The lowest BCUT2D eigenvalue weighted by molar-refractivity contribution is -0.384. The Bertz CT molecular complexity index is 949. The Labute approximate surface area is 171 Å². The zero-order valence-corrected chi connectivity index (χ0v) is 16.4. The highest BCUT2D eigenvalue weighted by atomic mass is 32.2. The van der Waals surface area contributed by atoms with Crippen LogP contribution in [0.3, 0.4) is 0 Å². The molecule has 0 spiro atoms. The van der Waals surface area contributed by atoms with Crippen LogP contribution in [0.1, 0.15) is 28.4 Å². The standard InChI is InChI=1S/C20H20FN3O4S/c21-14-2-4-19-15(12-14)16(5-10-29-19)22-20(25)13-1-3-17(18(11-13)24(26)27)23-6-8-28-9-7-23/h1-4,11-12,16H,5-10H2,(H,22,25)/t16-/m0/s1. The van der Waals surface area contributed by atoms with Crippen LogP contribution in [0.15, 0.2) is 41.3 Å². The summed E-state index contributed by atoms with van der Waals surface area (Å²) < 4.78 is 19.0. The number of hydrogen-bond donors (Lipinski definition) is 1. The van der Waals surface area contributed by atoms with Crippen LogP contribution in [0.5, 0.6) is 0 Å². The summed E-state index contributed by atoms with van der Waals surface area (Å²) in [4.78, 5) is 26.8. The Hall–Kier alpha value is -2.65. The van der Waals surface area contributed by atoms with E-state index >= 15 is 0 Å². The summed E-state index contributed by atoms with van der Waals surface area (Å²) in [6, 6.07) is 8.76. The summed E-state index contributed by atoms with van der Waals surface area (Å²) in [6.45, 7) is 2.15. The zero-order valence-electron chi connectivity index (χ0n) is 15.6. The molecule has 0 saturated carbocycles. The van der Waals surface area contributed by atoms with Gasteiger partial charge < -0.3 is 15.0 Å². The SMILES string of the molecule is O=C(N[C@H]1CCSc2ccc(F)cc21)c1ccc(N2CCOCC2)c([N+](=O)[O-])c1. The van der Waals surface area contributed by atoms with Gasteiger partial charge in [0.1, 0.15) is 11.5 Å². The Balaban J connectivity index is 1.57. The summed E-state index contributed by atoms with van der Waals surface area (Å²) in [5.41, 5.74) is 1.33. The molecule has 1 fully saturated rings. The molecule has 0 bridgehead atoms. The molecule has 0 aliphatic carbocycles. The molecule has 29 heavy (non-hydrogen) atoms. The number of hydrogen-bond acceptors (Lipinski definition) is 6. The highest BCUT2D eigenvalue weighted by Gasteiger charge is 2.26. The fourth-order valence-electron chi connectivity index (χ4n) is 3.64. The van der Waals surface area contributed by atoms with Gasteiger partial charge in [-0.2, -0.15) is 0 Å². The first kappa shape index (κ1) is 19.7. The van der Waals surface area contributed by atoms with Gasteiger partial charge in [-0.1, -0.05) is 0 Å². The Morgan fingerprint density at radius 2 is 2.03 bits per heavy atom. The number of anilines is 1. The molecule has 1 saturated heterocycles. The van der Waals surface area contributed by atoms with E-state index in [-0.39, 0.29) is 23.1 Å². The fourth-order valence-corrected chi connectivity index (χ4v) is 4.74. The summed E-state index contributed by atoms with van der Waals surface area (Å²) in [7, 11) is 0. The minimum Gasteiger partial charge on any atom is -0.378 e. The zero-order chi connectivity index (χ0) is 20.4. The number of fused-ring (bicyclic) bond motifs is 1. The van der Waals surface area contributed by atoms with Crippen molar-refractivity contribution in [1.29, 1.82) is 0 Å². The van der Waals surface area contributed by atoms with Gasteiger partial charge in [0.15, 0.2) is 0 Å². The number of carbonyl (C=O) groups excluding carboxylic acids is 1. The molecule has 2 aromatic rings. The number of ether oxygens (including phenoxy) is 1. The second-order valence-corrected chi connectivity index (χ2v) is 8.04. The van der Waals surface area contributed by atoms with Gasteiger partial charge in [0.2, 0.25) is 0 Å². The highest BCUT2D eigenvalue weighted by Crippen LogP contribution is 2.37. The van der Waals surface area contributed by atoms with Crippen molar-refractivity contribution in [2.75, 3.05) is 37.0 Å². The van der Waals surface area contributed by atoms with Gasteiger partial charge in [-0.05, 0) is 42.3 Å². The topological polar surface area (TPSA) is 84.7 Å². The van der Waals surface area contributed by atoms with Crippen molar-refractivity contribution in [3.63, 3.8) is 0 Å². The van der Waals surface area contributed by atoms with E-state index < -0.39 is 10.8 Å². The Morgan fingerprint density at radius 3 is 2.79 bits per heavy atom. The molecule has 1 atom stereocenters. The second-order valence-electron chi connectivity index (χ2n) is 6.91. The smallest absolute Gasteiger partial charge is 0.293 e. The molecule has 152 valence electrons. The molecule has 0 aromatic heterocycles. The van der Waals surface area contributed by atoms with Crippen molar-refractivity contribution in [2.45, 2.75) is 17.4 Å². The third-order valence-electron chi connectivity index (χ3n) is 5.10. The number of carbonyl (C=O) groups is 1. The average Bonchev–Trinajstić information content (AvgIpc) is 2.74. The van der Waals surface area contributed by atoms with Crippen LogP contribution < -0.4 is 10.2 Å². The molecule has 4 rings (SSSR count). The monoisotopic (exact) mass is 417 g/mol. The van der Waals surface area contributed by atoms with Crippen molar-refractivity contribution < 1.29 is 18.8 Å². The van der Waals surface area contributed by atoms with Crippen LogP contribution in [0, 0.1) is 15.9 Å². The third-order valence-corrected chi connectivity index (χ3v) is 6.23. The molecule has 0 radical (unpaired) electrons. The van der Waals surface area contributed by atoms with Crippen LogP contribution in [-0.4, -0.2) is 42.9 Å². The normalized spacial score (nSPS) is 18.8. The summed E-state index contributed by atoms with van der Waals surface area (Å²) in [5.74, 6) is 0.0458. The molecule has 2 aromatic carbocycles. The molecule has 1 amide bonds. The van der Waals surface area contributed by atoms with E-state index in [1.807, 2.05) is 4.90 Å². The largest absolute Gasteiger partial charge is 0.378 e. The predicted octanol–water partition coefficient (Wildman–Crippen LogP) is 3.54. The molecule has 1 N–H and O–H groups in total. The van der Waals surface area contributed by atoms with E-state index in [2.05, 4.69) is 5.32 Å². The number of nitrogens with zero attached hydrogens (tertiary/aromatic N) is 2. The second kappa shape index (κ2) is 8.38. The van der Waals surface area contributed by atoms with Crippen molar-refractivity contribution >= 4 is 29.0 Å². The number of thioether (sulfide) groups is 1. The van der Waals surface area contributed by atoms with Gasteiger partial charge >= 0.3 is 0 Å². The third kappa shape index (κ3) is 4.20. The van der Waals surface area contributed by atoms with Gasteiger partial charge in [0, 0.05) is 35.4 Å². The van der Waals surface area contributed by atoms with Gasteiger partial charge in [0.05, 0.1) is 24.2 Å². The number of morpholine rings is 1. The Morgan fingerprint density at radius 1 is 1.24 bits per heavy atom. The minimum absolute atomic E-state index is 0.106. The first-order valence-electron chi connectivity index (χ1n) is 9.37. The maximum Gasteiger partial charge on any atom is 0.293 e. The van der Waals surface area contributed by atoms with E-state index in [9.17, 15) is 19.3 Å². The Kier molecular flexibility index (Phi) is 5.68. The number of amides is 1. The van der Waals surface area contributed by atoms with Crippen LogP contribution in [0.2, 0.25) is 0 Å². The van der Waals surface area contributed by atoms with E-state index in [1.165, 1.54) is 18.2 Å². The molecular weight excluding hydrogens is 397 g/mol. The highest BCUT2D eigenvalue weighted by molar-refractivity contribution is 7.99. The first-order valence-corrected chi connectivity index (χ1v) is 10.4. The van der Waals surface area contributed by atoms with Crippen molar-refractivity contribution in [3.8, 4) is 0 Å². The van der Waals surface area contributed by atoms with Gasteiger partial charge in [0.25, 0.3) is 11.6 Å². The van der Waals surface area contributed by atoms with Gasteiger partial charge in [-0.15, -0.1) is 11.8 Å². The van der Waals surface area contributed by atoms with Crippen molar-refractivity contribution in [3.05, 3.63) is 63.5 Å². The summed E-state index contributed by atoms with van der Waals surface area (Å²) in [6.07, 6.45) is 0.667. The van der Waals surface area contributed by atoms with E-state index in [0.717, 1.165) is 16.2 Å². The fraction of sp³-hybridized carbons (Fsp3) is 0.350. The van der Waals surface area contributed by atoms with Crippen LogP contribution >= 0.6 is 11.8 Å². The molecule has 7 nitrogen and oxygen atoms in total. The minimum atomic E-state index is -0.469. The van der Waals surface area contributed by atoms with Crippen LogP contribution in [0.4, 0.5) is 15.8 Å². The number of halogens is 1. The molecule has 0 unspecified atom stereocenters. The van der Waals surface area contributed by atoms with Crippen LogP contribution in [-0.2, 0) is 4.74 Å². The number of rotatable bonds is 4. The number of benzene rings is 2.